The molecule has 1 heterocycles. The number of nitrogens with zero attached hydrogens (tertiary/aromatic N) is 1. The lowest BCUT2D eigenvalue weighted by Gasteiger charge is -2.11. The number of nitro groups is 1. The standard InChI is InChI=1S/C14H15N3O7/c1-22-11-3-8(10(17(20)21)4-12(11)23-2)6-24-7-9-5-15-14(19)16-13(9)18/h3-5H,6-7H2,1-2H3,(H2,15,16,18,19). The van der Waals surface area contributed by atoms with Crippen LogP contribution in [0.5, 0.6) is 11.5 Å². The maximum atomic E-state index is 11.5. The molecule has 2 aromatic rings. The van der Waals surface area contributed by atoms with E-state index >= 15 is 0 Å². The molecule has 0 atom stereocenters. The van der Waals surface area contributed by atoms with Crippen LogP contribution in [0.4, 0.5) is 5.69 Å². The maximum Gasteiger partial charge on any atom is 0.325 e. The minimum absolute atomic E-state index is 0.127. The van der Waals surface area contributed by atoms with Crippen molar-refractivity contribution in [2.24, 2.45) is 0 Å². The van der Waals surface area contributed by atoms with E-state index in [0.29, 0.717) is 5.75 Å². The van der Waals surface area contributed by atoms with Crippen molar-refractivity contribution in [3.63, 3.8) is 0 Å². The van der Waals surface area contributed by atoms with Crippen LogP contribution in [0.2, 0.25) is 0 Å². The molecule has 0 spiro atoms. The van der Waals surface area contributed by atoms with Gasteiger partial charge in [0.15, 0.2) is 11.5 Å². The summed E-state index contributed by atoms with van der Waals surface area (Å²) in [5, 5.41) is 11.2. The number of ether oxygens (including phenoxy) is 3. The van der Waals surface area contributed by atoms with Gasteiger partial charge in [0.1, 0.15) is 0 Å². The van der Waals surface area contributed by atoms with Crippen LogP contribution in [0.25, 0.3) is 0 Å². The molecular weight excluding hydrogens is 322 g/mol. The number of hydrogen-bond donors (Lipinski definition) is 2. The lowest BCUT2D eigenvalue weighted by Crippen LogP contribution is -2.24. The molecule has 1 aromatic carbocycles. The third-order valence-electron chi connectivity index (χ3n) is 3.19. The first-order valence-electron chi connectivity index (χ1n) is 6.74. The number of benzene rings is 1. The second-order valence-corrected chi connectivity index (χ2v) is 4.68. The summed E-state index contributed by atoms with van der Waals surface area (Å²) in [7, 11) is 2.79. The first-order chi connectivity index (χ1) is 11.5. The molecule has 0 amide bonds. The first-order valence-corrected chi connectivity index (χ1v) is 6.74. The highest BCUT2D eigenvalue weighted by atomic mass is 16.6. The SMILES string of the molecule is COc1cc(COCc2c[nH]c(=O)[nH]c2=O)c([N+](=O)[O-])cc1OC. The Morgan fingerprint density at radius 2 is 1.71 bits per heavy atom. The molecular formula is C14H15N3O7. The Balaban J connectivity index is 2.20. The van der Waals surface area contributed by atoms with Crippen molar-refractivity contribution in [3.05, 3.63) is 60.4 Å². The third kappa shape index (κ3) is 3.79. The van der Waals surface area contributed by atoms with Crippen molar-refractivity contribution in [1.29, 1.82) is 0 Å². The number of methoxy groups -OCH3 is 2. The molecule has 0 saturated heterocycles. The molecule has 0 saturated carbocycles. The van der Waals surface area contributed by atoms with Gasteiger partial charge in [-0.05, 0) is 6.07 Å². The Morgan fingerprint density at radius 1 is 1.08 bits per heavy atom. The maximum absolute atomic E-state index is 11.5. The molecule has 0 aliphatic heterocycles. The van der Waals surface area contributed by atoms with Crippen LogP contribution in [0, 0.1) is 10.1 Å². The van der Waals surface area contributed by atoms with Crippen molar-refractivity contribution >= 4 is 5.69 Å². The van der Waals surface area contributed by atoms with Crippen molar-refractivity contribution in [3.8, 4) is 11.5 Å². The predicted octanol–water partition coefficient (Wildman–Crippen LogP) is 0.705. The third-order valence-corrected chi connectivity index (χ3v) is 3.19. The first kappa shape index (κ1) is 17.2. The van der Waals surface area contributed by atoms with Gasteiger partial charge in [0.25, 0.3) is 11.2 Å². The molecule has 2 rings (SSSR count). The fraction of sp³-hybridized carbons (Fsp3) is 0.286. The summed E-state index contributed by atoms with van der Waals surface area (Å²) in [5.41, 5.74) is -0.945. The van der Waals surface area contributed by atoms with Gasteiger partial charge in [-0.1, -0.05) is 0 Å². The number of aromatic nitrogens is 2. The van der Waals surface area contributed by atoms with Crippen LogP contribution in [-0.2, 0) is 18.0 Å². The fourth-order valence-corrected chi connectivity index (χ4v) is 2.01. The van der Waals surface area contributed by atoms with Gasteiger partial charge in [0, 0.05) is 6.20 Å². The van der Waals surface area contributed by atoms with E-state index < -0.39 is 16.2 Å². The molecule has 0 bridgehead atoms. The number of nitrogens with one attached hydrogen (secondary N) is 2. The van der Waals surface area contributed by atoms with Crippen LogP contribution >= 0.6 is 0 Å². The van der Waals surface area contributed by atoms with E-state index in [9.17, 15) is 19.7 Å². The van der Waals surface area contributed by atoms with Crippen molar-refractivity contribution in [1.82, 2.24) is 9.97 Å². The van der Waals surface area contributed by atoms with E-state index in [1.807, 2.05) is 0 Å². The molecule has 24 heavy (non-hydrogen) atoms. The lowest BCUT2D eigenvalue weighted by molar-refractivity contribution is -0.386. The number of nitro benzene ring substituents is 1. The summed E-state index contributed by atoms with van der Waals surface area (Å²) in [6.45, 7) is -0.257. The second kappa shape index (κ2) is 7.42. The number of rotatable bonds is 7. The normalized spacial score (nSPS) is 10.4. The average Bonchev–Trinajstić information content (AvgIpc) is 2.56. The van der Waals surface area contributed by atoms with Crippen LogP contribution in [0.15, 0.2) is 27.9 Å². The van der Waals surface area contributed by atoms with Gasteiger partial charge in [-0.15, -0.1) is 0 Å². The van der Waals surface area contributed by atoms with Gasteiger partial charge in [-0.2, -0.15) is 0 Å². The second-order valence-electron chi connectivity index (χ2n) is 4.68. The summed E-state index contributed by atoms with van der Waals surface area (Å²) >= 11 is 0. The summed E-state index contributed by atoms with van der Waals surface area (Å²) in [5.74, 6) is 0.550. The molecule has 0 aliphatic rings. The van der Waals surface area contributed by atoms with Gasteiger partial charge < -0.3 is 19.2 Å². The zero-order valence-electron chi connectivity index (χ0n) is 13.0. The van der Waals surface area contributed by atoms with E-state index in [1.54, 1.807) is 0 Å². The van der Waals surface area contributed by atoms with Gasteiger partial charge in [0.2, 0.25) is 0 Å². The van der Waals surface area contributed by atoms with Crippen molar-refractivity contribution < 1.29 is 19.1 Å². The molecule has 128 valence electrons. The largest absolute Gasteiger partial charge is 0.493 e. The van der Waals surface area contributed by atoms with Crippen molar-refractivity contribution in [2.75, 3.05) is 14.2 Å². The van der Waals surface area contributed by atoms with Crippen LogP contribution in [0.3, 0.4) is 0 Å². The number of H-pyrrole nitrogens is 2. The van der Waals surface area contributed by atoms with Crippen molar-refractivity contribution in [2.45, 2.75) is 13.2 Å². The molecule has 10 heteroatoms. The zero-order valence-corrected chi connectivity index (χ0v) is 13.0. The van der Waals surface area contributed by atoms with Crippen LogP contribution in [0.1, 0.15) is 11.1 Å². The van der Waals surface area contributed by atoms with E-state index in [1.165, 1.54) is 32.5 Å². The number of aromatic amines is 2. The topological polar surface area (TPSA) is 137 Å². The van der Waals surface area contributed by atoms with Gasteiger partial charge in [0.05, 0.1) is 49.5 Å². The van der Waals surface area contributed by atoms with Gasteiger partial charge in [-0.25, -0.2) is 4.79 Å². The monoisotopic (exact) mass is 337 g/mol. The molecule has 2 N–H and O–H groups in total. The smallest absolute Gasteiger partial charge is 0.325 e. The minimum Gasteiger partial charge on any atom is -0.493 e. The van der Waals surface area contributed by atoms with Crippen LogP contribution < -0.4 is 20.7 Å². The van der Waals surface area contributed by atoms with Gasteiger partial charge >= 0.3 is 5.69 Å². The Kier molecular flexibility index (Phi) is 5.32. The zero-order chi connectivity index (χ0) is 17.7. The summed E-state index contributed by atoms with van der Waals surface area (Å²) in [6.07, 6.45) is 1.23. The van der Waals surface area contributed by atoms with E-state index in [4.69, 9.17) is 14.2 Å². The molecule has 0 radical (unpaired) electrons. The molecule has 10 nitrogen and oxygen atoms in total. The predicted molar refractivity (Wildman–Crippen MR) is 82.4 cm³/mol. The molecule has 0 unspecified atom stereocenters. The highest BCUT2D eigenvalue weighted by molar-refractivity contribution is 5.54. The lowest BCUT2D eigenvalue weighted by atomic mass is 10.1. The summed E-state index contributed by atoms with van der Waals surface area (Å²) in [6, 6.07) is 2.68. The Labute approximate surface area is 135 Å². The average molecular weight is 337 g/mol. The molecule has 0 aliphatic carbocycles. The summed E-state index contributed by atoms with van der Waals surface area (Å²) < 4.78 is 15.5. The highest BCUT2D eigenvalue weighted by Gasteiger charge is 2.19. The molecule has 1 aromatic heterocycles. The molecule has 0 fully saturated rings. The van der Waals surface area contributed by atoms with E-state index in [-0.39, 0.29) is 35.8 Å². The van der Waals surface area contributed by atoms with E-state index in [0.717, 1.165) is 0 Å². The highest BCUT2D eigenvalue weighted by Crippen LogP contribution is 2.34. The fourth-order valence-electron chi connectivity index (χ4n) is 2.01. The Hall–Kier alpha value is -3.14. The number of hydrogen-bond acceptors (Lipinski definition) is 7. The Morgan fingerprint density at radius 3 is 2.29 bits per heavy atom. The minimum atomic E-state index is -0.626. The van der Waals surface area contributed by atoms with Gasteiger partial charge in [-0.3, -0.25) is 19.9 Å². The quantitative estimate of drug-likeness (QED) is 0.560. The van der Waals surface area contributed by atoms with E-state index in [2.05, 4.69) is 9.97 Å². The van der Waals surface area contributed by atoms with Crippen LogP contribution in [-0.4, -0.2) is 29.1 Å². The Bertz CT molecular complexity index is 856. The summed E-state index contributed by atoms with van der Waals surface area (Å²) in [4.78, 5) is 37.5.